The van der Waals surface area contributed by atoms with Crippen molar-refractivity contribution in [3.8, 4) is 5.75 Å². The summed E-state index contributed by atoms with van der Waals surface area (Å²) >= 11 is 0. The van der Waals surface area contributed by atoms with Crippen molar-refractivity contribution in [1.82, 2.24) is 14.9 Å². The average Bonchev–Trinajstić information content (AvgIpc) is 2.92. The third-order valence-corrected chi connectivity index (χ3v) is 2.20. The molecule has 0 aliphatic carbocycles. The maximum atomic E-state index is 11.6. The minimum Gasteiger partial charge on any atom is -0.497 e. The van der Waals surface area contributed by atoms with E-state index in [1.54, 1.807) is 31.4 Å². The van der Waals surface area contributed by atoms with Gasteiger partial charge in [0.05, 0.1) is 7.11 Å². The summed E-state index contributed by atoms with van der Waals surface area (Å²) in [6.07, 6.45) is 2.52. The van der Waals surface area contributed by atoms with Crippen LogP contribution in [-0.2, 0) is 9.59 Å². The van der Waals surface area contributed by atoms with Gasteiger partial charge in [0.25, 0.3) is 0 Å². The summed E-state index contributed by atoms with van der Waals surface area (Å²) in [6.45, 7) is 0. The minimum atomic E-state index is -0.824. The molecule has 1 aromatic heterocycles. The van der Waals surface area contributed by atoms with Crippen LogP contribution in [0.4, 0.5) is 5.69 Å². The molecule has 8 nitrogen and oxygen atoms in total. The Morgan fingerprint density at radius 3 is 2.32 bits per heavy atom. The summed E-state index contributed by atoms with van der Waals surface area (Å²) < 4.78 is 6.16. The van der Waals surface area contributed by atoms with Crippen LogP contribution in [0, 0.1) is 0 Å². The third kappa shape index (κ3) is 3.28. The van der Waals surface area contributed by atoms with Gasteiger partial charge in [-0.05, 0) is 24.3 Å². The second-order valence-electron chi connectivity index (χ2n) is 3.49. The Bertz CT molecular complexity index is 565. The van der Waals surface area contributed by atoms with E-state index in [9.17, 15) is 9.59 Å². The van der Waals surface area contributed by atoms with Crippen molar-refractivity contribution in [3.63, 3.8) is 0 Å². The first-order chi connectivity index (χ1) is 9.19. The van der Waals surface area contributed by atoms with Gasteiger partial charge in [-0.15, -0.1) is 10.2 Å². The van der Waals surface area contributed by atoms with Crippen LogP contribution in [0.5, 0.6) is 5.75 Å². The summed E-state index contributed by atoms with van der Waals surface area (Å²) in [5, 5.41) is 9.43. The zero-order valence-electron chi connectivity index (χ0n) is 10.0. The lowest BCUT2D eigenvalue weighted by Crippen LogP contribution is -2.33. The van der Waals surface area contributed by atoms with Crippen LogP contribution in [0.1, 0.15) is 0 Å². The lowest BCUT2D eigenvalue weighted by Gasteiger charge is -2.06. The standard InChI is InChI=1S/C11H11N5O3/c1-19-9-4-2-8(3-5-9)14-10(17)11(18)15-16-6-12-13-7-16/h2-7H,1H3,(H,14,17)(H,15,18). The van der Waals surface area contributed by atoms with Gasteiger partial charge < -0.3 is 10.1 Å². The number of nitrogens with one attached hydrogen (secondary N) is 2. The zero-order valence-corrected chi connectivity index (χ0v) is 10.0. The molecule has 0 atom stereocenters. The SMILES string of the molecule is COc1ccc(NC(=O)C(=O)Nn2cnnc2)cc1. The van der Waals surface area contributed by atoms with Crippen molar-refractivity contribution in [1.29, 1.82) is 0 Å². The van der Waals surface area contributed by atoms with Gasteiger partial charge in [0.1, 0.15) is 18.4 Å². The van der Waals surface area contributed by atoms with E-state index < -0.39 is 11.8 Å². The van der Waals surface area contributed by atoms with Gasteiger partial charge in [-0.25, -0.2) is 4.68 Å². The molecule has 0 aliphatic rings. The number of carbonyl (C=O) groups excluding carboxylic acids is 2. The fraction of sp³-hybridized carbons (Fsp3) is 0.0909. The molecular weight excluding hydrogens is 250 g/mol. The number of anilines is 1. The van der Waals surface area contributed by atoms with Gasteiger partial charge in [-0.3, -0.25) is 15.0 Å². The summed E-state index contributed by atoms with van der Waals surface area (Å²) in [5.41, 5.74) is 2.77. The predicted octanol–water partition coefficient (Wildman–Crippen LogP) is -0.00450. The number of benzene rings is 1. The van der Waals surface area contributed by atoms with Crippen molar-refractivity contribution in [2.75, 3.05) is 17.9 Å². The Balaban J connectivity index is 1.94. The lowest BCUT2D eigenvalue weighted by molar-refractivity contribution is -0.133. The highest BCUT2D eigenvalue weighted by Crippen LogP contribution is 2.14. The molecule has 0 fully saturated rings. The second-order valence-corrected chi connectivity index (χ2v) is 3.49. The van der Waals surface area contributed by atoms with E-state index in [-0.39, 0.29) is 0 Å². The topological polar surface area (TPSA) is 98.1 Å². The van der Waals surface area contributed by atoms with Crippen LogP contribution in [0.25, 0.3) is 0 Å². The molecule has 2 N–H and O–H groups in total. The van der Waals surface area contributed by atoms with Crippen LogP contribution in [0.2, 0.25) is 0 Å². The average molecular weight is 261 g/mol. The van der Waals surface area contributed by atoms with E-state index >= 15 is 0 Å². The predicted molar refractivity (Wildman–Crippen MR) is 66.0 cm³/mol. The first-order valence-electron chi connectivity index (χ1n) is 5.30. The number of hydrogen-bond acceptors (Lipinski definition) is 5. The summed E-state index contributed by atoms with van der Waals surface area (Å²) in [6, 6.07) is 6.60. The molecule has 2 amide bonds. The van der Waals surface area contributed by atoms with Crippen molar-refractivity contribution in [2.24, 2.45) is 0 Å². The van der Waals surface area contributed by atoms with E-state index in [0.717, 1.165) is 0 Å². The molecule has 1 heterocycles. The summed E-state index contributed by atoms with van der Waals surface area (Å²) in [4.78, 5) is 23.1. The van der Waals surface area contributed by atoms with Crippen molar-refractivity contribution in [3.05, 3.63) is 36.9 Å². The van der Waals surface area contributed by atoms with Gasteiger partial charge in [-0.1, -0.05) is 0 Å². The Morgan fingerprint density at radius 1 is 1.11 bits per heavy atom. The van der Waals surface area contributed by atoms with E-state index in [1.807, 2.05) is 0 Å². The molecule has 0 saturated carbocycles. The van der Waals surface area contributed by atoms with Crippen molar-refractivity contribution >= 4 is 17.5 Å². The quantitative estimate of drug-likeness (QED) is 0.757. The number of carbonyl (C=O) groups is 2. The molecule has 0 unspecified atom stereocenters. The monoisotopic (exact) mass is 261 g/mol. The molecule has 2 aromatic rings. The van der Waals surface area contributed by atoms with E-state index in [0.29, 0.717) is 11.4 Å². The highest BCUT2D eigenvalue weighted by atomic mass is 16.5. The molecule has 0 saturated heterocycles. The molecule has 0 bridgehead atoms. The minimum absolute atomic E-state index is 0.490. The van der Waals surface area contributed by atoms with Crippen LogP contribution in [0.3, 0.4) is 0 Å². The number of amides is 2. The third-order valence-electron chi connectivity index (χ3n) is 2.20. The number of rotatable bonds is 3. The largest absolute Gasteiger partial charge is 0.497 e. The smallest absolute Gasteiger partial charge is 0.328 e. The highest BCUT2D eigenvalue weighted by molar-refractivity contribution is 6.42. The van der Waals surface area contributed by atoms with Gasteiger partial charge in [0, 0.05) is 5.69 Å². The van der Waals surface area contributed by atoms with Crippen LogP contribution in [-0.4, -0.2) is 33.8 Å². The molecule has 98 valence electrons. The van der Waals surface area contributed by atoms with Gasteiger partial charge >= 0.3 is 11.8 Å². The highest BCUT2D eigenvalue weighted by Gasteiger charge is 2.13. The fourth-order valence-corrected chi connectivity index (χ4v) is 1.29. The Labute approximate surface area is 108 Å². The molecule has 8 heteroatoms. The van der Waals surface area contributed by atoms with Gasteiger partial charge in [0.2, 0.25) is 0 Å². The van der Waals surface area contributed by atoms with Gasteiger partial charge in [0.15, 0.2) is 0 Å². The second kappa shape index (κ2) is 5.63. The maximum absolute atomic E-state index is 11.6. The number of ether oxygens (including phenoxy) is 1. The molecule has 2 rings (SSSR count). The van der Waals surface area contributed by atoms with E-state index in [1.165, 1.54) is 17.3 Å². The Kier molecular flexibility index (Phi) is 3.72. The number of methoxy groups -OCH3 is 1. The maximum Gasteiger partial charge on any atom is 0.328 e. The number of aromatic nitrogens is 3. The van der Waals surface area contributed by atoms with Crippen LogP contribution >= 0.6 is 0 Å². The molecule has 0 radical (unpaired) electrons. The molecule has 0 aliphatic heterocycles. The summed E-state index contributed by atoms with van der Waals surface area (Å²) in [5.74, 6) is -0.957. The Morgan fingerprint density at radius 2 is 1.74 bits per heavy atom. The molecule has 0 spiro atoms. The zero-order chi connectivity index (χ0) is 13.7. The summed E-state index contributed by atoms with van der Waals surface area (Å²) in [7, 11) is 1.54. The lowest BCUT2D eigenvalue weighted by atomic mass is 10.3. The Hall–Kier alpha value is -2.90. The molecule has 19 heavy (non-hydrogen) atoms. The van der Waals surface area contributed by atoms with Crippen molar-refractivity contribution in [2.45, 2.75) is 0 Å². The van der Waals surface area contributed by atoms with E-state index in [2.05, 4.69) is 20.9 Å². The molecular formula is C11H11N5O3. The normalized spacial score (nSPS) is 9.74. The number of hydrogen-bond donors (Lipinski definition) is 2. The first-order valence-corrected chi connectivity index (χ1v) is 5.30. The fourth-order valence-electron chi connectivity index (χ4n) is 1.29. The number of nitrogens with zero attached hydrogens (tertiary/aromatic N) is 3. The van der Waals surface area contributed by atoms with Crippen LogP contribution < -0.4 is 15.5 Å². The van der Waals surface area contributed by atoms with Crippen molar-refractivity contribution < 1.29 is 14.3 Å². The van der Waals surface area contributed by atoms with Gasteiger partial charge in [-0.2, -0.15) is 0 Å². The van der Waals surface area contributed by atoms with Crippen LogP contribution in [0.15, 0.2) is 36.9 Å². The molecule has 1 aromatic carbocycles. The van der Waals surface area contributed by atoms with E-state index in [4.69, 9.17) is 4.74 Å². The first kappa shape index (κ1) is 12.6.